The Hall–Kier alpha value is -1.40. The van der Waals surface area contributed by atoms with Gasteiger partial charge < -0.3 is 14.9 Å². The molecule has 1 aromatic heterocycles. The Morgan fingerprint density at radius 3 is 3.00 bits per heavy atom. The molecule has 1 heterocycles. The van der Waals surface area contributed by atoms with Crippen molar-refractivity contribution < 1.29 is 14.4 Å². The van der Waals surface area contributed by atoms with E-state index in [9.17, 15) is 4.79 Å². The van der Waals surface area contributed by atoms with Gasteiger partial charge in [0.15, 0.2) is 11.5 Å². The fraction of sp³-hybridized carbons (Fsp3) is 0.667. The lowest BCUT2D eigenvalue weighted by Crippen LogP contribution is -2.38. The summed E-state index contributed by atoms with van der Waals surface area (Å²) in [7, 11) is 2.14. The van der Waals surface area contributed by atoms with Gasteiger partial charge in [0, 0.05) is 24.7 Å². The van der Waals surface area contributed by atoms with E-state index >= 15 is 0 Å². The van der Waals surface area contributed by atoms with Crippen molar-refractivity contribution in [3.63, 3.8) is 0 Å². The number of hydrogen-bond acceptors (Lipinski definition) is 5. The van der Waals surface area contributed by atoms with Gasteiger partial charge in [-0.1, -0.05) is 5.16 Å². The van der Waals surface area contributed by atoms with Crippen LogP contribution < -0.4 is 5.32 Å². The number of carboxylic acid groups (broad SMARTS) is 1. The molecule has 100 valence electrons. The lowest BCUT2D eigenvalue weighted by molar-refractivity contribution is 0.0685. The zero-order valence-corrected chi connectivity index (χ0v) is 10.7. The summed E-state index contributed by atoms with van der Waals surface area (Å²) in [6, 6.07) is 2.65. The molecule has 0 aliphatic heterocycles. The predicted octanol–water partition coefficient (Wildman–Crippen LogP) is 0.945. The predicted molar refractivity (Wildman–Crippen MR) is 65.4 cm³/mol. The van der Waals surface area contributed by atoms with Crippen LogP contribution in [0.4, 0.5) is 0 Å². The second kappa shape index (κ2) is 5.49. The quantitative estimate of drug-likeness (QED) is 0.753. The Balaban J connectivity index is 1.72. The Kier molecular flexibility index (Phi) is 3.98. The van der Waals surface area contributed by atoms with Crippen LogP contribution in [0.15, 0.2) is 10.6 Å². The molecule has 0 bridgehead atoms. The third-order valence-electron chi connectivity index (χ3n) is 3.34. The van der Waals surface area contributed by atoms with Crippen molar-refractivity contribution in [3.05, 3.63) is 17.5 Å². The van der Waals surface area contributed by atoms with Gasteiger partial charge in [-0.2, -0.15) is 0 Å². The summed E-state index contributed by atoms with van der Waals surface area (Å²) < 4.78 is 4.92. The van der Waals surface area contributed by atoms with Crippen molar-refractivity contribution in [2.24, 2.45) is 0 Å². The molecule has 6 nitrogen and oxygen atoms in total. The fourth-order valence-corrected chi connectivity index (χ4v) is 1.89. The van der Waals surface area contributed by atoms with E-state index < -0.39 is 5.97 Å². The summed E-state index contributed by atoms with van der Waals surface area (Å²) >= 11 is 0. The highest BCUT2D eigenvalue weighted by Gasteiger charge is 2.28. The van der Waals surface area contributed by atoms with Crippen molar-refractivity contribution in [2.45, 2.75) is 38.4 Å². The van der Waals surface area contributed by atoms with E-state index in [-0.39, 0.29) is 5.69 Å². The number of hydrogen-bond donors (Lipinski definition) is 2. The first-order valence-electron chi connectivity index (χ1n) is 6.19. The van der Waals surface area contributed by atoms with Crippen LogP contribution in [-0.2, 0) is 6.54 Å². The molecule has 1 aliphatic rings. The molecule has 1 unspecified atom stereocenters. The lowest BCUT2D eigenvalue weighted by atomic mass is 10.3. The van der Waals surface area contributed by atoms with Gasteiger partial charge in [0.05, 0.1) is 6.54 Å². The van der Waals surface area contributed by atoms with E-state index in [1.54, 1.807) is 0 Å². The molecule has 1 atom stereocenters. The Morgan fingerprint density at radius 1 is 1.72 bits per heavy atom. The average Bonchev–Trinajstić information content (AvgIpc) is 3.07. The second-order valence-corrected chi connectivity index (χ2v) is 4.86. The highest BCUT2D eigenvalue weighted by atomic mass is 16.5. The first kappa shape index (κ1) is 13.0. The number of carboxylic acids is 1. The van der Waals surface area contributed by atoms with Crippen molar-refractivity contribution in [1.29, 1.82) is 0 Å². The molecule has 0 saturated heterocycles. The molecule has 1 aromatic rings. The Morgan fingerprint density at radius 2 is 2.44 bits per heavy atom. The van der Waals surface area contributed by atoms with E-state index in [1.807, 2.05) is 0 Å². The van der Waals surface area contributed by atoms with Crippen LogP contribution in [0, 0.1) is 0 Å². The van der Waals surface area contributed by atoms with Gasteiger partial charge in [0.2, 0.25) is 0 Å². The van der Waals surface area contributed by atoms with Gasteiger partial charge in [-0.3, -0.25) is 4.90 Å². The molecule has 0 radical (unpaired) electrons. The minimum Gasteiger partial charge on any atom is -0.476 e. The lowest BCUT2D eigenvalue weighted by Gasteiger charge is -2.24. The molecular weight excluding hydrogens is 234 g/mol. The molecule has 2 rings (SSSR count). The fourth-order valence-electron chi connectivity index (χ4n) is 1.89. The number of carbonyl (C=O) groups is 1. The molecule has 1 aliphatic carbocycles. The summed E-state index contributed by atoms with van der Waals surface area (Å²) in [4.78, 5) is 13.0. The average molecular weight is 253 g/mol. The Bertz CT molecular complexity index is 414. The standard InChI is InChI=1S/C12H19N3O3/c1-8(15(2)9-3-4-9)6-13-7-10-5-11(12(16)17)14-18-10/h5,8-9,13H,3-4,6-7H2,1-2H3,(H,16,17). The largest absolute Gasteiger partial charge is 0.476 e. The zero-order chi connectivity index (χ0) is 13.1. The maximum atomic E-state index is 10.6. The van der Waals surface area contributed by atoms with E-state index in [0.717, 1.165) is 12.6 Å². The van der Waals surface area contributed by atoms with E-state index in [0.29, 0.717) is 18.3 Å². The second-order valence-electron chi connectivity index (χ2n) is 4.86. The number of rotatable bonds is 7. The van der Waals surface area contributed by atoms with Gasteiger partial charge in [-0.25, -0.2) is 4.79 Å². The van der Waals surface area contributed by atoms with Crippen LogP contribution in [0.1, 0.15) is 36.0 Å². The number of nitrogens with zero attached hydrogens (tertiary/aromatic N) is 2. The Labute approximate surface area is 106 Å². The van der Waals surface area contributed by atoms with Crippen LogP contribution in [0.5, 0.6) is 0 Å². The normalized spacial score (nSPS) is 17.1. The molecule has 18 heavy (non-hydrogen) atoms. The number of aromatic carboxylic acids is 1. The third-order valence-corrected chi connectivity index (χ3v) is 3.34. The van der Waals surface area contributed by atoms with Gasteiger partial charge in [-0.15, -0.1) is 0 Å². The SMILES string of the molecule is CC(CNCc1cc(C(=O)O)no1)N(C)C1CC1. The maximum Gasteiger partial charge on any atom is 0.358 e. The van der Waals surface area contributed by atoms with Crippen molar-refractivity contribution >= 4 is 5.97 Å². The summed E-state index contributed by atoms with van der Waals surface area (Å²) in [5, 5.41) is 15.4. The number of nitrogens with one attached hydrogen (secondary N) is 1. The molecule has 1 fully saturated rings. The molecule has 6 heteroatoms. The molecule has 2 N–H and O–H groups in total. The van der Waals surface area contributed by atoms with E-state index in [2.05, 4.69) is 29.3 Å². The van der Waals surface area contributed by atoms with Crippen LogP contribution in [0.2, 0.25) is 0 Å². The van der Waals surface area contributed by atoms with Crippen LogP contribution in [0.25, 0.3) is 0 Å². The third kappa shape index (κ3) is 3.30. The summed E-state index contributed by atoms with van der Waals surface area (Å²) in [6.45, 7) is 3.52. The number of likely N-dealkylation sites (N-methyl/N-ethyl adjacent to an activating group) is 1. The summed E-state index contributed by atoms with van der Waals surface area (Å²) in [5.41, 5.74) is -0.0463. The monoisotopic (exact) mass is 253 g/mol. The first-order chi connectivity index (χ1) is 8.58. The highest BCUT2D eigenvalue weighted by molar-refractivity contribution is 5.85. The minimum absolute atomic E-state index is 0.0463. The van der Waals surface area contributed by atoms with Gasteiger partial charge in [0.25, 0.3) is 0 Å². The molecule has 0 aromatic carbocycles. The molecule has 0 amide bonds. The number of aromatic nitrogens is 1. The van der Waals surface area contributed by atoms with Crippen LogP contribution >= 0.6 is 0 Å². The smallest absolute Gasteiger partial charge is 0.358 e. The van der Waals surface area contributed by atoms with Gasteiger partial charge in [-0.05, 0) is 26.8 Å². The zero-order valence-electron chi connectivity index (χ0n) is 10.7. The van der Waals surface area contributed by atoms with E-state index in [4.69, 9.17) is 9.63 Å². The summed E-state index contributed by atoms with van der Waals surface area (Å²) in [6.07, 6.45) is 2.59. The summed E-state index contributed by atoms with van der Waals surface area (Å²) in [5.74, 6) is -0.513. The molecule has 1 saturated carbocycles. The van der Waals surface area contributed by atoms with Crippen molar-refractivity contribution in [3.8, 4) is 0 Å². The van der Waals surface area contributed by atoms with Gasteiger partial charge in [0.1, 0.15) is 0 Å². The van der Waals surface area contributed by atoms with Crippen LogP contribution in [-0.4, -0.2) is 46.8 Å². The minimum atomic E-state index is -1.06. The van der Waals surface area contributed by atoms with Crippen LogP contribution in [0.3, 0.4) is 0 Å². The maximum absolute atomic E-state index is 10.6. The first-order valence-corrected chi connectivity index (χ1v) is 6.19. The molecular formula is C12H19N3O3. The van der Waals surface area contributed by atoms with Gasteiger partial charge >= 0.3 is 5.97 Å². The molecule has 0 spiro atoms. The topological polar surface area (TPSA) is 78.6 Å². The van der Waals surface area contributed by atoms with E-state index in [1.165, 1.54) is 18.9 Å². The van der Waals surface area contributed by atoms with Crippen molar-refractivity contribution in [2.75, 3.05) is 13.6 Å². The van der Waals surface area contributed by atoms with Crippen molar-refractivity contribution in [1.82, 2.24) is 15.4 Å². The highest BCUT2D eigenvalue weighted by Crippen LogP contribution is 2.26.